The second kappa shape index (κ2) is 42.5. The number of unbranched alkanes of at least 4 members (excludes halogenated alkanes) is 32. The molecule has 59 heavy (non-hydrogen) atoms. The number of aliphatic hydroxyl groups excluding tert-OH is 1. The van der Waals surface area contributed by atoms with Crippen LogP contribution in [0, 0.1) is 0 Å². The number of hydrogen-bond donors (Lipinski definition) is 2. The van der Waals surface area contributed by atoms with Crippen LogP contribution in [0.4, 0.5) is 0 Å². The van der Waals surface area contributed by atoms with E-state index in [9.17, 15) is 19.4 Å². The smallest absolute Gasteiger partial charge is 0.268 e. The van der Waals surface area contributed by atoms with Crippen LogP contribution < -0.4 is 10.2 Å². The van der Waals surface area contributed by atoms with Crippen molar-refractivity contribution in [1.29, 1.82) is 0 Å². The fourth-order valence-corrected chi connectivity index (χ4v) is 8.41. The lowest BCUT2D eigenvalue weighted by Gasteiger charge is -2.30. The molecule has 1 amide bonds. The van der Waals surface area contributed by atoms with Crippen LogP contribution >= 0.6 is 7.82 Å². The second-order valence-electron chi connectivity index (χ2n) is 18.9. The molecule has 0 saturated heterocycles. The molecule has 0 radical (unpaired) electrons. The third-order valence-electron chi connectivity index (χ3n) is 11.8. The predicted octanol–water partition coefficient (Wildman–Crippen LogP) is 14.1. The zero-order chi connectivity index (χ0) is 43.6. The number of phosphoric acid groups is 1. The number of allylic oxidation sites excluding steroid dienone is 2. The summed E-state index contributed by atoms with van der Waals surface area (Å²) in [7, 11) is 1.31. The standard InChI is InChI=1S/C50H101N2O6P/c1-6-8-10-12-14-16-18-20-22-24-26-28-30-32-34-36-38-40-42-44-50(54)51-48(47-58-59(55,56)57-46-45-52(3,4)5)49(53)43-41-39-37-35-33-31-29-27-25-23-21-19-17-15-13-11-9-7-2/h20,22,48-49,53H,6-19,21,23-47H2,1-5H3,(H-,51,54,55,56)/b22-20-. The van der Waals surface area contributed by atoms with Crippen molar-refractivity contribution in [1.82, 2.24) is 5.32 Å². The first-order valence-electron chi connectivity index (χ1n) is 25.5. The molecule has 9 heteroatoms. The molecule has 0 aromatic carbocycles. The number of quaternary nitrogens is 1. The highest BCUT2D eigenvalue weighted by molar-refractivity contribution is 7.45. The van der Waals surface area contributed by atoms with E-state index in [1.54, 1.807) is 0 Å². The summed E-state index contributed by atoms with van der Waals surface area (Å²) in [6.07, 6.45) is 49.3. The van der Waals surface area contributed by atoms with Crippen molar-refractivity contribution in [3.05, 3.63) is 12.2 Å². The average Bonchev–Trinajstić information content (AvgIpc) is 3.19. The monoisotopic (exact) mass is 857 g/mol. The van der Waals surface area contributed by atoms with Crippen molar-refractivity contribution in [3.63, 3.8) is 0 Å². The SMILES string of the molecule is CCCCCCCC/C=C\CCCCCCCCCCCC(=O)NC(COP(=O)([O-])OCC[N+](C)(C)C)C(O)CCCCCCCCCCCCCCCCCCCC. The van der Waals surface area contributed by atoms with Crippen molar-refractivity contribution in [2.45, 2.75) is 264 Å². The fourth-order valence-electron chi connectivity index (χ4n) is 7.68. The van der Waals surface area contributed by atoms with E-state index < -0.39 is 20.0 Å². The summed E-state index contributed by atoms with van der Waals surface area (Å²) in [5, 5.41) is 14.0. The molecule has 352 valence electrons. The average molecular weight is 857 g/mol. The lowest BCUT2D eigenvalue weighted by Crippen LogP contribution is -2.46. The lowest BCUT2D eigenvalue weighted by molar-refractivity contribution is -0.870. The normalized spacial score (nSPS) is 14.2. The Balaban J connectivity index is 4.25. The van der Waals surface area contributed by atoms with E-state index in [0.29, 0.717) is 23.9 Å². The Morgan fingerprint density at radius 3 is 1.32 bits per heavy atom. The van der Waals surface area contributed by atoms with Gasteiger partial charge in [-0.15, -0.1) is 0 Å². The number of nitrogens with one attached hydrogen (secondary N) is 1. The van der Waals surface area contributed by atoms with Crippen molar-refractivity contribution < 1.29 is 32.9 Å². The molecule has 0 aromatic rings. The highest BCUT2D eigenvalue weighted by Gasteiger charge is 2.24. The summed E-state index contributed by atoms with van der Waals surface area (Å²) in [4.78, 5) is 25.4. The van der Waals surface area contributed by atoms with E-state index in [0.717, 1.165) is 38.5 Å². The van der Waals surface area contributed by atoms with Gasteiger partial charge >= 0.3 is 0 Å². The quantitative estimate of drug-likeness (QED) is 0.0273. The number of phosphoric ester groups is 1. The van der Waals surface area contributed by atoms with Crippen molar-refractivity contribution in [3.8, 4) is 0 Å². The summed E-state index contributed by atoms with van der Waals surface area (Å²) in [6.45, 7) is 4.74. The Morgan fingerprint density at radius 1 is 0.576 bits per heavy atom. The van der Waals surface area contributed by atoms with Crippen LogP contribution in [0.5, 0.6) is 0 Å². The maximum absolute atomic E-state index is 12.9. The minimum atomic E-state index is -4.56. The summed E-state index contributed by atoms with van der Waals surface area (Å²) < 4.78 is 23.4. The molecule has 0 rings (SSSR count). The molecule has 0 aliphatic rings. The number of aliphatic hydroxyl groups is 1. The molecule has 0 aliphatic heterocycles. The molecule has 3 atom stereocenters. The Morgan fingerprint density at radius 2 is 0.932 bits per heavy atom. The Hall–Kier alpha value is -0.760. The molecular weight excluding hydrogens is 756 g/mol. The summed E-state index contributed by atoms with van der Waals surface area (Å²) >= 11 is 0. The molecular formula is C50H101N2O6P. The van der Waals surface area contributed by atoms with Crippen LogP contribution in [0.25, 0.3) is 0 Å². The van der Waals surface area contributed by atoms with E-state index in [4.69, 9.17) is 9.05 Å². The maximum atomic E-state index is 12.9. The van der Waals surface area contributed by atoms with Gasteiger partial charge in [0.2, 0.25) is 5.91 Å². The summed E-state index contributed by atoms with van der Waals surface area (Å²) in [5.41, 5.74) is 0. The van der Waals surface area contributed by atoms with Crippen LogP contribution in [0.3, 0.4) is 0 Å². The van der Waals surface area contributed by atoms with E-state index in [1.807, 2.05) is 21.1 Å². The van der Waals surface area contributed by atoms with Gasteiger partial charge in [-0.25, -0.2) is 0 Å². The van der Waals surface area contributed by atoms with Gasteiger partial charge in [0.15, 0.2) is 0 Å². The number of amides is 1. The van der Waals surface area contributed by atoms with Gasteiger partial charge in [0, 0.05) is 6.42 Å². The topological polar surface area (TPSA) is 108 Å². The van der Waals surface area contributed by atoms with Crippen LogP contribution in [0.15, 0.2) is 12.2 Å². The van der Waals surface area contributed by atoms with Crippen LogP contribution in [-0.4, -0.2) is 68.5 Å². The van der Waals surface area contributed by atoms with E-state index >= 15 is 0 Å². The number of hydrogen-bond acceptors (Lipinski definition) is 6. The third-order valence-corrected chi connectivity index (χ3v) is 12.7. The lowest BCUT2D eigenvalue weighted by atomic mass is 10.0. The van der Waals surface area contributed by atoms with Gasteiger partial charge in [-0.2, -0.15) is 0 Å². The predicted molar refractivity (Wildman–Crippen MR) is 252 cm³/mol. The van der Waals surface area contributed by atoms with Gasteiger partial charge in [0.05, 0.1) is 39.9 Å². The molecule has 3 unspecified atom stereocenters. The highest BCUT2D eigenvalue weighted by Crippen LogP contribution is 2.38. The van der Waals surface area contributed by atoms with E-state index in [-0.39, 0.29) is 19.1 Å². The van der Waals surface area contributed by atoms with Gasteiger partial charge in [-0.3, -0.25) is 9.36 Å². The number of carbonyl (C=O) groups excluding carboxylic acids is 1. The van der Waals surface area contributed by atoms with Gasteiger partial charge in [-0.05, 0) is 38.5 Å². The number of nitrogens with zero attached hydrogens (tertiary/aromatic N) is 1. The number of carbonyl (C=O) groups is 1. The number of rotatable bonds is 47. The van der Waals surface area contributed by atoms with Crippen LogP contribution in [0.2, 0.25) is 0 Å². The summed E-state index contributed by atoms with van der Waals surface area (Å²) in [5.74, 6) is -0.164. The first-order chi connectivity index (χ1) is 28.5. The van der Waals surface area contributed by atoms with Gasteiger partial charge in [0.25, 0.3) is 7.82 Å². The Bertz CT molecular complexity index is 974. The van der Waals surface area contributed by atoms with Crippen molar-refractivity contribution >= 4 is 13.7 Å². The molecule has 0 aliphatic carbocycles. The fraction of sp³-hybridized carbons (Fsp3) is 0.940. The molecule has 0 fully saturated rings. The Kier molecular flexibility index (Phi) is 42.0. The zero-order valence-electron chi connectivity index (χ0n) is 40.0. The van der Waals surface area contributed by atoms with Gasteiger partial charge in [0.1, 0.15) is 13.2 Å². The molecule has 0 saturated carbocycles. The van der Waals surface area contributed by atoms with Gasteiger partial charge in [-0.1, -0.05) is 219 Å². The van der Waals surface area contributed by atoms with Crippen molar-refractivity contribution in [2.75, 3.05) is 40.9 Å². The minimum Gasteiger partial charge on any atom is -0.756 e. The summed E-state index contributed by atoms with van der Waals surface area (Å²) in [6, 6.07) is -0.798. The molecule has 8 nitrogen and oxygen atoms in total. The molecule has 2 N–H and O–H groups in total. The van der Waals surface area contributed by atoms with Crippen LogP contribution in [-0.2, 0) is 18.4 Å². The minimum absolute atomic E-state index is 0.0141. The molecule has 0 bridgehead atoms. The first-order valence-corrected chi connectivity index (χ1v) is 27.0. The van der Waals surface area contributed by atoms with Crippen LogP contribution in [0.1, 0.15) is 251 Å². The third kappa shape index (κ3) is 45.1. The largest absolute Gasteiger partial charge is 0.756 e. The zero-order valence-corrected chi connectivity index (χ0v) is 40.9. The number of likely N-dealkylation sites (N-methyl/N-ethyl adjacent to an activating group) is 1. The van der Waals surface area contributed by atoms with E-state index in [1.165, 1.54) is 186 Å². The molecule has 0 spiro atoms. The molecule has 0 heterocycles. The van der Waals surface area contributed by atoms with Crippen molar-refractivity contribution in [2.24, 2.45) is 0 Å². The Labute approximate surface area is 367 Å². The first kappa shape index (κ1) is 58.2. The maximum Gasteiger partial charge on any atom is 0.268 e. The second-order valence-corrected chi connectivity index (χ2v) is 20.3. The van der Waals surface area contributed by atoms with E-state index in [2.05, 4.69) is 31.3 Å². The van der Waals surface area contributed by atoms with Gasteiger partial charge < -0.3 is 28.8 Å². The molecule has 0 aromatic heterocycles. The highest BCUT2D eigenvalue weighted by atomic mass is 31.2.